The van der Waals surface area contributed by atoms with Crippen molar-refractivity contribution in [1.29, 1.82) is 0 Å². The highest BCUT2D eigenvalue weighted by Crippen LogP contribution is 2.24. The molecule has 2 aliphatic rings. The highest BCUT2D eigenvalue weighted by molar-refractivity contribution is 5.80. The van der Waals surface area contributed by atoms with Gasteiger partial charge < -0.3 is 15.1 Å². The number of nitrogens with zero attached hydrogens (tertiary/aromatic N) is 2. The highest BCUT2D eigenvalue weighted by atomic mass is 16.2. The zero-order valence-electron chi connectivity index (χ0n) is 14.6. The minimum Gasteiger partial charge on any atom is -0.338 e. The summed E-state index contributed by atoms with van der Waals surface area (Å²) < 4.78 is 0. The van der Waals surface area contributed by atoms with Crippen molar-refractivity contribution in [2.45, 2.75) is 45.7 Å². The fourth-order valence-electron chi connectivity index (χ4n) is 3.61. The van der Waals surface area contributed by atoms with Crippen LogP contribution in [0.2, 0.25) is 0 Å². The van der Waals surface area contributed by atoms with Gasteiger partial charge in [0.2, 0.25) is 5.91 Å². The summed E-state index contributed by atoms with van der Waals surface area (Å²) in [4.78, 5) is 28.7. The van der Waals surface area contributed by atoms with Gasteiger partial charge in [-0.15, -0.1) is 0 Å². The monoisotopic (exact) mass is 329 g/mol. The van der Waals surface area contributed by atoms with Gasteiger partial charge in [0.05, 0.1) is 0 Å². The number of hydrogen-bond donors (Lipinski definition) is 1. The van der Waals surface area contributed by atoms with Crippen molar-refractivity contribution in [3.8, 4) is 0 Å². The number of hydrogen-bond acceptors (Lipinski definition) is 2. The van der Waals surface area contributed by atoms with Gasteiger partial charge in [0.15, 0.2) is 0 Å². The van der Waals surface area contributed by atoms with E-state index in [9.17, 15) is 9.59 Å². The van der Waals surface area contributed by atoms with Crippen molar-refractivity contribution in [3.05, 3.63) is 35.4 Å². The van der Waals surface area contributed by atoms with E-state index in [0.717, 1.165) is 32.4 Å². The van der Waals surface area contributed by atoms with Gasteiger partial charge in [-0.05, 0) is 44.2 Å². The lowest BCUT2D eigenvalue weighted by Gasteiger charge is -2.36. The molecule has 1 saturated heterocycles. The molecule has 0 atom stereocenters. The fraction of sp³-hybridized carbons (Fsp3) is 0.579. The Balaban J connectivity index is 1.54. The Morgan fingerprint density at radius 3 is 2.38 bits per heavy atom. The van der Waals surface area contributed by atoms with E-state index >= 15 is 0 Å². The Bertz CT molecular complexity index is 606. The molecule has 5 heteroatoms. The molecule has 24 heavy (non-hydrogen) atoms. The van der Waals surface area contributed by atoms with E-state index in [1.54, 1.807) is 0 Å². The molecule has 0 radical (unpaired) electrons. The quantitative estimate of drug-likeness (QED) is 0.906. The molecule has 0 aliphatic carbocycles. The Morgan fingerprint density at radius 1 is 1.04 bits per heavy atom. The van der Waals surface area contributed by atoms with Crippen LogP contribution in [0, 0.1) is 5.92 Å². The summed E-state index contributed by atoms with van der Waals surface area (Å²) in [5, 5.41) is 2.92. The van der Waals surface area contributed by atoms with Crippen LogP contribution in [0.1, 0.15) is 37.8 Å². The Morgan fingerprint density at radius 2 is 1.71 bits per heavy atom. The summed E-state index contributed by atoms with van der Waals surface area (Å²) in [6.45, 7) is 6.79. The zero-order chi connectivity index (χ0) is 17.1. The van der Waals surface area contributed by atoms with Crippen LogP contribution in [0.4, 0.5) is 4.79 Å². The summed E-state index contributed by atoms with van der Waals surface area (Å²) >= 11 is 0. The first-order chi connectivity index (χ1) is 11.5. The van der Waals surface area contributed by atoms with E-state index in [4.69, 9.17) is 0 Å². The molecule has 2 heterocycles. The van der Waals surface area contributed by atoms with Gasteiger partial charge in [-0.25, -0.2) is 4.79 Å². The molecule has 130 valence electrons. The molecular weight excluding hydrogens is 302 g/mol. The minimum absolute atomic E-state index is 0.0113. The maximum absolute atomic E-state index is 12.8. The number of urea groups is 1. The number of rotatable bonds is 2. The van der Waals surface area contributed by atoms with Crippen LogP contribution in [-0.2, 0) is 17.8 Å². The van der Waals surface area contributed by atoms with E-state index in [-0.39, 0.29) is 23.9 Å². The summed E-state index contributed by atoms with van der Waals surface area (Å²) in [6, 6.07) is 8.51. The first-order valence-electron chi connectivity index (χ1n) is 8.95. The van der Waals surface area contributed by atoms with Crippen LogP contribution in [0.25, 0.3) is 0 Å². The third-order valence-corrected chi connectivity index (χ3v) is 4.99. The van der Waals surface area contributed by atoms with Gasteiger partial charge in [-0.2, -0.15) is 0 Å². The summed E-state index contributed by atoms with van der Waals surface area (Å²) in [5.41, 5.74) is 2.63. The molecule has 0 bridgehead atoms. The van der Waals surface area contributed by atoms with Crippen LogP contribution in [0.15, 0.2) is 24.3 Å². The average molecular weight is 329 g/mol. The summed E-state index contributed by atoms with van der Waals surface area (Å²) in [6.07, 6.45) is 2.47. The molecule has 3 amide bonds. The molecule has 1 N–H and O–H groups in total. The van der Waals surface area contributed by atoms with Crippen LogP contribution in [0.3, 0.4) is 0 Å². The van der Waals surface area contributed by atoms with Crippen molar-refractivity contribution in [2.75, 3.05) is 19.6 Å². The normalized spacial score (nSPS) is 18.5. The third-order valence-electron chi connectivity index (χ3n) is 4.99. The number of likely N-dealkylation sites (tertiary alicyclic amines) is 1. The lowest BCUT2D eigenvalue weighted by atomic mass is 9.93. The fourth-order valence-corrected chi connectivity index (χ4v) is 3.61. The van der Waals surface area contributed by atoms with Gasteiger partial charge in [0, 0.05) is 38.1 Å². The molecule has 1 aromatic carbocycles. The lowest BCUT2D eigenvalue weighted by molar-refractivity contribution is -0.137. The predicted molar refractivity (Wildman–Crippen MR) is 93.5 cm³/mol. The minimum atomic E-state index is -0.0113. The number of benzene rings is 1. The molecule has 5 nitrogen and oxygen atoms in total. The average Bonchev–Trinajstić information content (AvgIpc) is 2.60. The predicted octanol–water partition coefficient (Wildman–Crippen LogP) is 2.40. The number of piperidine rings is 1. The third kappa shape index (κ3) is 3.71. The van der Waals surface area contributed by atoms with Gasteiger partial charge in [-0.1, -0.05) is 24.3 Å². The maximum atomic E-state index is 12.8. The molecular formula is C19H27N3O2. The van der Waals surface area contributed by atoms with Crippen molar-refractivity contribution in [2.24, 2.45) is 5.92 Å². The Labute approximate surface area is 144 Å². The molecule has 0 aromatic heterocycles. The van der Waals surface area contributed by atoms with E-state index in [0.29, 0.717) is 13.1 Å². The van der Waals surface area contributed by atoms with E-state index in [2.05, 4.69) is 23.5 Å². The van der Waals surface area contributed by atoms with Crippen molar-refractivity contribution < 1.29 is 9.59 Å². The molecule has 1 fully saturated rings. The number of carbonyl (C=O) groups is 2. The van der Waals surface area contributed by atoms with Crippen molar-refractivity contribution in [1.82, 2.24) is 15.1 Å². The number of amides is 3. The smallest absolute Gasteiger partial charge is 0.317 e. The number of carbonyl (C=O) groups excluding carboxylic acids is 2. The van der Waals surface area contributed by atoms with Crippen LogP contribution in [-0.4, -0.2) is 47.4 Å². The van der Waals surface area contributed by atoms with E-state index in [1.807, 2.05) is 29.7 Å². The SMILES string of the molecule is CC(C)NC(=O)N1CCC(C(=O)N2CCc3ccccc3C2)CC1. The standard InChI is InChI=1S/C19H27N3O2/c1-14(2)20-19(24)21-10-8-16(9-11-21)18(23)22-12-7-15-5-3-4-6-17(15)13-22/h3-6,14,16H,7-13H2,1-2H3,(H,20,24). The van der Waals surface area contributed by atoms with E-state index in [1.165, 1.54) is 11.1 Å². The second-order valence-corrected chi connectivity index (χ2v) is 7.14. The number of nitrogens with one attached hydrogen (secondary N) is 1. The molecule has 0 spiro atoms. The van der Waals surface area contributed by atoms with Crippen LogP contribution < -0.4 is 5.32 Å². The number of fused-ring (bicyclic) bond motifs is 1. The largest absolute Gasteiger partial charge is 0.338 e. The van der Waals surface area contributed by atoms with Crippen molar-refractivity contribution >= 4 is 11.9 Å². The van der Waals surface area contributed by atoms with Gasteiger partial charge in [0.1, 0.15) is 0 Å². The van der Waals surface area contributed by atoms with Crippen molar-refractivity contribution in [3.63, 3.8) is 0 Å². The molecule has 0 saturated carbocycles. The molecule has 2 aliphatic heterocycles. The van der Waals surface area contributed by atoms with Gasteiger partial charge in [-0.3, -0.25) is 4.79 Å². The second-order valence-electron chi connectivity index (χ2n) is 7.14. The van der Waals surface area contributed by atoms with E-state index < -0.39 is 0 Å². The second kappa shape index (κ2) is 7.24. The Kier molecular flexibility index (Phi) is 5.07. The molecule has 0 unspecified atom stereocenters. The van der Waals surface area contributed by atoms with Crippen LogP contribution >= 0.6 is 0 Å². The maximum Gasteiger partial charge on any atom is 0.317 e. The highest BCUT2D eigenvalue weighted by Gasteiger charge is 2.31. The summed E-state index contributed by atoms with van der Waals surface area (Å²) in [7, 11) is 0. The molecule has 1 aromatic rings. The Hall–Kier alpha value is -2.04. The van der Waals surface area contributed by atoms with Crippen LogP contribution in [0.5, 0.6) is 0 Å². The zero-order valence-corrected chi connectivity index (χ0v) is 14.6. The first kappa shape index (κ1) is 16.8. The van der Waals surface area contributed by atoms with Gasteiger partial charge in [0.25, 0.3) is 0 Å². The lowest BCUT2D eigenvalue weighted by Crippen LogP contribution is -2.49. The van der Waals surface area contributed by atoms with Gasteiger partial charge >= 0.3 is 6.03 Å². The first-order valence-corrected chi connectivity index (χ1v) is 8.95. The molecule has 3 rings (SSSR count). The topological polar surface area (TPSA) is 52.7 Å². The summed E-state index contributed by atoms with van der Waals surface area (Å²) in [5.74, 6) is 0.312.